The Bertz CT molecular complexity index is 228. The number of aromatic amines is 1. The summed E-state index contributed by atoms with van der Waals surface area (Å²) in [4.78, 5) is 0. The van der Waals surface area contributed by atoms with Crippen molar-refractivity contribution in [2.75, 3.05) is 0 Å². The quantitative estimate of drug-likeness (QED) is 0.724. The third-order valence-electron chi connectivity index (χ3n) is 1.03. The van der Waals surface area contributed by atoms with E-state index in [1.165, 1.54) is 6.20 Å². The van der Waals surface area contributed by atoms with Crippen LogP contribution in [0.2, 0.25) is 0 Å². The number of rotatable bonds is 3. The van der Waals surface area contributed by atoms with Crippen LogP contribution in [0.4, 0.5) is 8.78 Å². The SMILES string of the molecule is FC(F)Oc1[nH]ncc1CCl. The van der Waals surface area contributed by atoms with E-state index >= 15 is 0 Å². The summed E-state index contributed by atoms with van der Waals surface area (Å²) in [6, 6.07) is 0. The van der Waals surface area contributed by atoms with E-state index in [4.69, 9.17) is 11.6 Å². The molecule has 6 heteroatoms. The van der Waals surface area contributed by atoms with Gasteiger partial charge in [0, 0.05) is 5.56 Å². The zero-order valence-electron chi connectivity index (χ0n) is 5.35. The lowest BCUT2D eigenvalue weighted by atomic mass is 10.4. The minimum atomic E-state index is -2.85. The highest BCUT2D eigenvalue weighted by Gasteiger charge is 2.09. The Balaban J connectivity index is 2.68. The topological polar surface area (TPSA) is 37.9 Å². The third kappa shape index (κ3) is 2.04. The van der Waals surface area contributed by atoms with Crippen molar-refractivity contribution in [1.82, 2.24) is 10.2 Å². The lowest BCUT2D eigenvalue weighted by molar-refractivity contribution is -0.0533. The van der Waals surface area contributed by atoms with Crippen molar-refractivity contribution in [3.05, 3.63) is 11.8 Å². The molecule has 62 valence electrons. The molecule has 0 aliphatic heterocycles. The summed E-state index contributed by atoms with van der Waals surface area (Å²) in [5.41, 5.74) is 0.423. The van der Waals surface area contributed by atoms with Crippen molar-refractivity contribution >= 4 is 11.6 Å². The number of halogens is 3. The van der Waals surface area contributed by atoms with Crippen molar-refractivity contribution in [3.63, 3.8) is 0 Å². The van der Waals surface area contributed by atoms with E-state index in [2.05, 4.69) is 14.9 Å². The predicted molar refractivity (Wildman–Crippen MR) is 34.8 cm³/mol. The molecule has 1 heterocycles. The number of nitrogens with zero attached hydrogens (tertiary/aromatic N) is 1. The van der Waals surface area contributed by atoms with Gasteiger partial charge in [0.15, 0.2) is 0 Å². The average Bonchev–Trinajstić information content (AvgIpc) is 2.34. The Kier molecular flexibility index (Phi) is 2.64. The van der Waals surface area contributed by atoms with E-state index in [0.29, 0.717) is 5.56 Å². The smallest absolute Gasteiger partial charge is 0.388 e. The fourth-order valence-corrected chi connectivity index (χ4v) is 0.776. The molecule has 0 amide bonds. The first-order chi connectivity index (χ1) is 5.24. The summed E-state index contributed by atoms with van der Waals surface area (Å²) in [7, 11) is 0. The molecule has 1 N–H and O–H groups in total. The molecule has 0 spiro atoms. The first-order valence-electron chi connectivity index (χ1n) is 2.77. The molecular weight excluding hydrogens is 178 g/mol. The van der Waals surface area contributed by atoms with Crippen LogP contribution in [0.15, 0.2) is 6.20 Å². The molecule has 0 saturated carbocycles. The average molecular weight is 183 g/mol. The molecule has 0 aromatic carbocycles. The lowest BCUT2D eigenvalue weighted by Gasteiger charge is -2.01. The number of hydrogen-bond donors (Lipinski definition) is 1. The molecule has 3 nitrogen and oxygen atoms in total. The number of nitrogens with one attached hydrogen (secondary N) is 1. The van der Waals surface area contributed by atoms with Crippen molar-refractivity contribution in [2.24, 2.45) is 0 Å². The molecule has 0 aliphatic carbocycles. The van der Waals surface area contributed by atoms with Crippen LogP contribution in [-0.2, 0) is 5.88 Å². The summed E-state index contributed by atoms with van der Waals surface area (Å²) < 4.78 is 27.2. The Morgan fingerprint density at radius 3 is 3.00 bits per heavy atom. The first kappa shape index (κ1) is 8.26. The van der Waals surface area contributed by atoms with Crippen molar-refractivity contribution in [3.8, 4) is 5.88 Å². The van der Waals surface area contributed by atoms with Crippen LogP contribution in [-0.4, -0.2) is 16.8 Å². The number of aromatic nitrogens is 2. The number of hydrogen-bond acceptors (Lipinski definition) is 2. The van der Waals surface area contributed by atoms with Crippen molar-refractivity contribution in [2.45, 2.75) is 12.5 Å². The first-order valence-corrected chi connectivity index (χ1v) is 3.30. The van der Waals surface area contributed by atoms with E-state index in [1.54, 1.807) is 0 Å². The Morgan fingerprint density at radius 2 is 2.45 bits per heavy atom. The van der Waals surface area contributed by atoms with Crippen LogP contribution in [0, 0.1) is 0 Å². The van der Waals surface area contributed by atoms with Gasteiger partial charge in [0.25, 0.3) is 0 Å². The maximum absolute atomic E-state index is 11.6. The van der Waals surface area contributed by atoms with E-state index in [9.17, 15) is 8.78 Å². The van der Waals surface area contributed by atoms with Gasteiger partial charge in [0.1, 0.15) is 0 Å². The van der Waals surface area contributed by atoms with Crippen LogP contribution in [0.1, 0.15) is 5.56 Å². The van der Waals surface area contributed by atoms with Crippen molar-refractivity contribution < 1.29 is 13.5 Å². The highest BCUT2D eigenvalue weighted by Crippen LogP contribution is 2.17. The van der Waals surface area contributed by atoms with Crippen LogP contribution < -0.4 is 4.74 Å². The van der Waals surface area contributed by atoms with Gasteiger partial charge < -0.3 is 4.74 Å². The van der Waals surface area contributed by atoms with Crippen LogP contribution >= 0.6 is 11.6 Å². The largest absolute Gasteiger partial charge is 0.417 e. The normalized spacial score (nSPS) is 10.5. The molecule has 1 aromatic heterocycles. The second kappa shape index (κ2) is 3.52. The van der Waals surface area contributed by atoms with Gasteiger partial charge in [0.05, 0.1) is 12.1 Å². The minimum Gasteiger partial charge on any atom is -0.417 e. The molecule has 0 atom stereocenters. The summed E-state index contributed by atoms with van der Waals surface area (Å²) in [6.07, 6.45) is 1.34. The molecular formula is C5H5ClF2N2O. The maximum atomic E-state index is 11.6. The molecule has 0 unspecified atom stereocenters. The summed E-state index contributed by atoms with van der Waals surface area (Å²) in [5, 5.41) is 5.73. The van der Waals surface area contributed by atoms with Crippen LogP contribution in [0.5, 0.6) is 5.88 Å². The zero-order chi connectivity index (χ0) is 8.27. The number of H-pyrrole nitrogens is 1. The molecule has 0 saturated heterocycles. The fraction of sp³-hybridized carbons (Fsp3) is 0.400. The summed E-state index contributed by atoms with van der Waals surface area (Å²) in [5.74, 6) is 0.0217. The van der Waals surface area contributed by atoms with Crippen LogP contribution in [0.25, 0.3) is 0 Å². The van der Waals surface area contributed by atoms with Gasteiger partial charge in [-0.15, -0.1) is 11.6 Å². The van der Waals surface area contributed by atoms with Gasteiger partial charge in [-0.05, 0) is 0 Å². The zero-order valence-corrected chi connectivity index (χ0v) is 6.11. The summed E-state index contributed by atoms with van der Waals surface area (Å²) in [6.45, 7) is -2.85. The van der Waals surface area contributed by atoms with Gasteiger partial charge in [-0.2, -0.15) is 13.9 Å². The van der Waals surface area contributed by atoms with Crippen LogP contribution in [0.3, 0.4) is 0 Å². The van der Waals surface area contributed by atoms with Gasteiger partial charge in [-0.3, -0.25) is 0 Å². The standard InChI is InChI=1S/C5H5ClF2N2O/c6-1-3-2-9-10-4(3)11-5(7)8/h2,5H,1H2,(H,9,10). The molecule has 1 aromatic rings. The van der Waals surface area contributed by atoms with E-state index in [-0.39, 0.29) is 11.8 Å². The second-order valence-electron chi connectivity index (χ2n) is 1.74. The van der Waals surface area contributed by atoms with Gasteiger partial charge in [-0.1, -0.05) is 0 Å². The predicted octanol–water partition coefficient (Wildman–Crippen LogP) is 1.75. The van der Waals surface area contributed by atoms with E-state index in [0.717, 1.165) is 0 Å². The molecule has 1 rings (SSSR count). The van der Waals surface area contributed by atoms with Crippen molar-refractivity contribution in [1.29, 1.82) is 0 Å². The van der Waals surface area contributed by atoms with E-state index < -0.39 is 6.61 Å². The van der Waals surface area contributed by atoms with Gasteiger partial charge in [0.2, 0.25) is 5.88 Å². The summed E-state index contributed by atoms with van der Waals surface area (Å²) >= 11 is 5.37. The number of ether oxygens (including phenoxy) is 1. The Labute approximate surface area is 66.3 Å². The molecule has 0 radical (unpaired) electrons. The molecule has 0 bridgehead atoms. The highest BCUT2D eigenvalue weighted by atomic mass is 35.5. The van der Waals surface area contributed by atoms with Gasteiger partial charge >= 0.3 is 6.61 Å². The Hall–Kier alpha value is -0.840. The monoisotopic (exact) mass is 182 g/mol. The molecule has 11 heavy (non-hydrogen) atoms. The third-order valence-corrected chi connectivity index (χ3v) is 1.32. The highest BCUT2D eigenvalue weighted by molar-refractivity contribution is 6.17. The Morgan fingerprint density at radius 1 is 1.73 bits per heavy atom. The lowest BCUT2D eigenvalue weighted by Crippen LogP contribution is -2.03. The van der Waals surface area contributed by atoms with E-state index in [1.807, 2.05) is 0 Å². The number of alkyl halides is 3. The molecule has 0 aliphatic rings. The second-order valence-corrected chi connectivity index (χ2v) is 2.00. The van der Waals surface area contributed by atoms with Gasteiger partial charge in [-0.25, -0.2) is 5.10 Å². The molecule has 0 fully saturated rings. The minimum absolute atomic E-state index is 0.0741. The maximum Gasteiger partial charge on any atom is 0.388 e. The fourth-order valence-electron chi connectivity index (χ4n) is 0.586.